The van der Waals surface area contributed by atoms with Crippen LogP contribution in [-0.4, -0.2) is 4.75 Å². The van der Waals surface area contributed by atoms with Gasteiger partial charge in [-0.1, -0.05) is 25.3 Å². The fourth-order valence-corrected chi connectivity index (χ4v) is 0.983. The SMILES string of the molecule is CCCC(C)(C)SN. The Morgan fingerprint density at radius 2 is 2.00 bits per heavy atom. The van der Waals surface area contributed by atoms with Crippen LogP contribution in [0.3, 0.4) is 0 Å². The monoisotopic (exact) mass is 133 g/mol. The van der Waals surface area contributed by atoms with Crippen molar-refractivity contribution in [3.8, 4) is 0 Å². The predicted octanol–water partition coefficient (Wildman–Crippen LogP) is 2.17. The lowest BCUT2D eigenvalue weighted by molar-refractivity contribution is 0.627. The Bertz CT molecular complexity index is 61.5. The first-order chi connectivity index (χ1) is 3.62. The molecular weight excluding hydrogens is 118 g/mol. The molecule has 50 valence electrons. The molecule has 0 unspecified atom stereocenters. The van der Waals surface area contributed by atoms with Crippen LogP contribution < -0.4 is 5.14 Å². The lowest BCUT2D eigenvalue weighted by atomic mass is 10.1. The lowest BCUT2D eigenvalue weighted by Crippen LogP contribution is -2.16. The van der Waals surface area contributed by atoms with E-state index in [1.54, 1.807) is 0 Å². The number of hydrogen-bond acceptors (Lipinski definition) is 2. The van der Waals surface area contributed by atoms with Crippen LogP contribution in [0.25, 0.3) is 0 Å². The molecule has 0 aromatic heterocycles. The largest absolute Gasteiger partial charge is 0.277 e. The van der Waals surface area contributed by atoms with Crippen LogP contribution in [-0.2, 0) is 0 Å². The first-order valence-electron chi connectivity index (χ1n) is 3.00. The van der Waals surface area contributed by atoms with Gasteiger partial charge in [-0.05, 0) is 20.3 Å². The van der Waals surface area contributed by atoms with E-state index >= 15 is 0 Å². The number of hydrogen-bond donors (Lipinski definition) is 1. The molecule has 0 rings (SSSR count). The molecule has 2 N–H and O–H groups in total. The summed E-state index contributed by atoms with van der Waals surface area (Å²) in [5.74, 6) is 0. The van der Waals surface area contributed by atoms with Gasteiger partial charge < -0.3 is 0 Å². The van der Waals surface area contributed by atoms with Gasteiger partial charge in [-0.2, -0.15) is 0 Å². The van der Waals surface area contributed by atoms with Gasteiger partial charge in [0.2, 0.25) is 0 Å². The van der Waals surface area contributed by atoms with E-state index in [-0.39, 0.29) is 4.75 Å². The molecule has 0 heterocycles. The lowest BCUT2D eigenvalue weighted by Gasteiger charge is -2.19. The van der Waals surface area contributed by atoms with Crippen molar-refractivity contribution < 1.29 is 0 Å². The van der Waals surface area contributed by atoms with E-state index in [1.807, 2.05) is 0 Å². The topological polar surface area (TPSA) is 26.0 Å². The summed E-state index contributed by atoms with van der Waals surface area (Å²) in [6.07, 6.45) is 2.42. The van der Waals surface area contributed by atoms with Crippen molar-refractivity contribution in [2.24, 2.45) is 5.14 Å². The first-order valence-corrected chi connectivity index (χ1v) is 3.88. The van der Waals surface area contributed by atoms with Gasteiger partial charge in [0.15, 0.2) is 0 Å². The summed E-state index contributed by atoms with van der Waals surface area (Å²) in [7, 11) is 0. The minimum atomic E-state index is 0.286. The second kappa shape index (κ2) is 3.36. The third-order valence-corrected chi connectivity index (χ3v) is 2.01. The highest BCUT2D eigenvalue weighted by molar-refractivity contribution is 7.98. The quantitative estimate of drug-likeness (QED) is 0.597. The molecule has 0 aromatic rings. The molecule has 0 radical (unpaired) electrons. The summed E-state index contributed by atoms with van der Waals surface area (Å²) in [4.78, 5) is 0. The molecule has 0 aliphatic rings. The van der Waals surface area contributed by atoms with Crippen molar-refractivity contribution in [1.82, 2.24) is 0 Å². The van der Waals surface area contributed by atoms with Gasteiger partial charge >= 0.3 is 0 Å². The maximum atomic E-state index is 5.41. The Hall–Kier alpha value is 0.310. The maximum absolute atomic E-state index is 5.41. The van der Waals surface area contributed by atoms with Crippen molar-refractivity contribution >= 4 is 11.9 Å². The van der Waals surface area contributed by atoms with Gasteiger partial charge in [-0.3, -0.25) is 5.14 Å². The normalized spacial score (nSPS) is 12.0. The highest BCUT2D eigenvalue weighted by atomic mass is 32.2. The molecule has 0 atom stereocenters. The van der Waals surface area contributed by atoms with Gasteiger partial charge in [-0.25, -0.2) is 0 Å². The Labute approximate surface area is 56.2 Å². The Morgan fingerprint density at radius 3 is 2.12 bits per heavy atom. The molecule has 2 heteroatoms. The molecule has 0 fully saturated rings. The van der Waals surface area contributed by atoms with E-state index in [0.29, 0.717) is 0 Å². The van der Waals surface area contributed by atoms with Crippen molar-refractivity contribution in [3.63, 3.8) is 0 Å². The molecule has 1 nitrogen and oxygen atoms in total. The molecule has 0 aliphatic carbocycles. The molecule has 0 aliphatic heterocycles. The summed E-state index contributed by atoms with van der Waals surface area (Å²) in [6.45, 7) is 6.51. The first kappa shape index (κ1) is 8.31. The van der Waals surface area contributed by atoms with Gasteiger partial charge in [0.1, 0.15) is 0 Å². The van der Waals surface area contributed by atoms with Crippen LogP contribution in [0.15, 0.2) is 0 Å². The standard InChI is InChI=1S/C6H15NS/c1-4-5-6(2,3)8-7/h4-5,7H2,1-3H3. The second-order valence-electron chi connectivity index (χ2n) is 2.63. The van der Waals surface area contributed by atoms with Crippen LogP contribution in [0, 0.1) is 0 Å². The molecule has 0 saturated heterocycles. The van der Waals surface area contributed by atoms with E-state index in [9.17, 15) is 0 Å². The van der Waals surface area contributed by atoms with Gasteiger partial charge in [0, 0.05) is 4.75 Å². The van der Waals surface area contributed by atoms with Crippen LogP contribution in [0.1, 0.15) is 33.6 Å². The van der Waals surface area contributed by atoms with Crippen LogP contribution in [0.2, 0.25) is 0 Å². The van der Waals surface area contributed by atoms with E-state index < -0.39 is 0 Å². The molecule has 0 amide bonds. The predicted molar refractivity (Wildman–Crippen MR) is 40.8 cm³/mol. The number of nitrogens with two attached hydrogens (primary N) is 1. The third-order valence-electron chi connectivity index (χ3n) is 1.17. The minimum Gasteiger partial charge on any atom is -0.277 e. The van der Waals surface area contributed by atoms with Crippen LogP contribution >= 0.6 is 11.9 Å². The van der Waals surface area contributed by atoms with Gasteiger partial charge in [0.25, 0.3) is 0 Å². The van der Waals surface area contributed by atoms with Gasteiger partial charge in [0.05, 0.1) is 0 Å². The molecule has 0 aromatic carbocycles. The molecule has 0 saturated carbocycles. The molecule has 0 bridgehead atoms. The zero-order valence-electron chi connectivity index (χ0n) is 5.90. The van der Waals surface area contributed by atoms with Crippen LogP contribution in [0.5, 0.6) is 0 Å². The van der Waals surface area contributed by atoms with Crippen molar-refractivity contribution in [3.05, 3.63) is 0 Å². The average molecular weight is 133 g/mol. The zero-order chi connectivity index (χ0) is 6.62. The minimum absolute atomic E-state index is 0.286. The summed E-state index contributed by atoms with van der Waals surface area (Å²) in [5.41, 5.74) is 0. The average Bonchev–Trinajstić information content (AvgIpc) is 1.67. The number of rotatable bonds is 3. The van der Waals surface area contributed by atoms with E-state index in [1.165, 1.54) is 24.8 Å². The Balaban J connectivity index is 3.37. The summed E-state index contributed by atoms with van der Waals surface area (Å²) in [6, 6.07) is 0. The molecule has 8 heavy (non-hydrogen) atoms. The smallest absolute Gasteiger partial charge is 0.0246 e. The summed E-state index contributed by atoms with van der Waals surface area (Å²) >= 11 is 1.45. The Kier molecular flexibility index (Phi) is 3.49. The fourth-order valence-electron chi connectivity index (χ4n) is 0.661. The Morgan fingerprint density at radius 1 is 1.50 bits per heavy atom. The van der Waals surface area contributed by atoms with E-state index in [4.69, 9.17) is 5.14 Å². The van der Waals surface area contributed by atoms with Crippen molar-refractivity contribution in [2.45, 2.75) is 38.4 Å². The molecule has 0 spiro atoms. The fraction of sp³-hybridized carbons (Fsp3) is 1.00. The van der Waals surface area contributed by atoms with Crippen molar-refractivity contribution in [1.29, 1.82) is 0 Å². The second-order valence-corrected chi connectivity index (χ2v) is 3.97. The third kappa shape index (κ3) is 3.33. The van der Waals surface area contributed by atoms with E-state index in [2.05, 4.69) is 20.8 Å². The highest BCUT2D eigenvalue weighted by Gasteiger charge is 2.13. The van der Waals surface area contributed by atoms with Crippen LogP contribution in [0.4, 0.5) is 0 Å². The van der Waals surface area contributed by atoms with E-state index in [0.717, 1.165) is 0 Å². The summed E-state index contributed by atoms with van der Waals surface area (Å²) in [5, 5.41) is 5.41. The summed E-state index contributed by atoms with van der Waals surface area (Å²) < 4.78 is 0.286. The highest BCUT2D eigenvalue weighted by Crippen LogP contribution is 2.23. The van der Waals surface area contributed by atoms with Gasteiger partial charge in [-0.15, -0.1) is 0 Å². The van der Waals surface area contributed by atoms with Crippen molar-refractivity contribution in [2.75, 3.05) is 0 Å². The molecular formula is C6H15NS. The zero-order valence-corrected chi connectivity index (χ0v) is 6.72. The maximum Gasteiger partial charge on any atom is 0.0246 e.